The van der Waals surface area contributed by atoms with Crippen LogP contribution in [0.3, 0.4) is 0 Å². The van der Waals surface area contributed by atoms with E-state index in [1.165, 1.54) is 6.07 Å². The molecule has 1 fully saturated rings. The highest BCUT2D eigenvalue weighted by molar-refractivity contribution is 5.95. The van der Waals surface area contributed by atoms with E-state index in [1.807, 2.05) is 4.90 Å². The number of rotatable bonds is 7. The summed E-state index contributed by atoms with van der Waals surface area (Å²) in [6, 6.07) is 11.4. The van der Waals surface area contributed by atoms with Crippen LogP contribution in [0.1, 0.15) is 23.2 Å². The second-order valence-electron chi connectivity index (χ2n) is 7.05. The van der Waals surface area contributed by atoms with E-state index < -0.39 is 11.6 Å². The van der Waals surface area contributed by atoms with Crippen LogP contribution in [0.25, 0.3) is 11.1 Å². The summed E-state index contributed by atoms with van der Waals surface area (Å²) in [7, 11) is 1.72. The average Bonchev–Trinajstić information content (AvgIpc) is 2.73. The number of phenolic OH excluding ortho intramolecular Hbond substituents is 1. The largest absolute Gasteiger partial charge is 0.504 e. The first-order valence-corrected chi connectivity index (χ1v) is 9.68. The van der Waals surface area contributed by atoms with Gasteiger partial charge in [-0.25, -0.2) is 4.39 Å². The number of aromatic hydroxyl groups is 1. The van der Waals surface area contributed by atoms with Crippen LogP contribution < -0.4 is 0 Å². The minimum Gasteiger partial charge on any atom is -0.504 e. The number of halogens is 1. The first-order valence-electron chi connectivity index (χ1n) is 9.68. The molecule has 1 aliphatic heterocycles. The van der Waals surface area contributed by atoms with Crippen molar-refractivity contribution in [1.29, 1.82) is 0 Å². The molecule has 0 aliphatic carbocycles. The van der Waals surface area contributed by atoms with Gasteiger partial charge in [0.1, 0.15) is 0 Å². The molecule has 1 saturated heterocycles. The first-order chi connectivity index (χ1) is 13.6. The van der Waals surface area contributed by atoms with E-state index >= 15 is 0 Å². The van der Waals surface area contributed by atoms with E-state index in [9.17, 15) is 14.3 Å². The molecular weight excluding hydrogens is 359 g/mol. The molecule has 1 N–H and O–H groups in total. The van der Waals surface area contributed by atoms with Gasteiger partial charge in [-0.05, 0) is 43.1 Å². The Bertz CT molecular complexity index is 804. The fourth-order valence-corrected chi connectivity index (χ4v) is 3.51. The number of unbranched alkanes of at least 4 members (excludes halogenated alkanes) is 1. The number of nitrogens with zero attached hydrogens (tertiary/aromatic N) is 2. The molecule has 28 heavy (non-hydrogen) atoms. The summed E-state index contributed by atoms with van der Waals surface area (Å²) in [5.41, 5.74) is 1.56. The minimum atomic E-state index is -0.671. The normalized spacial score (nSPS) is 15.0. The highest BCUT2D eigenvalue weighted by Gasteiger charge is 2.22. The molecular formula is C22H27FN2O3. The third kappa shape index (κ3) is 4.88. The molecule has 0 unspecified atom stereocenters. The second kappa shape index (κ2) is 9.66. The number of methoxy groups -OCH3 is 1. The fraction of sp³-hybridized carbons (Fsp3) is 0.409. The van der Waals surface area contributed by atoms with Crippen LogP contribution >= 0.6 is 0 Å². The standard InChI is InChI=1S/C22H27FN2O3/c1-28-15-3-2-10-24-11-13-25(14-12-24)22(27)18-7-4-6-17(16-18)19-8-5-9-20(23)21(19)26/h4-9,16,26H,2-3,10-15H2,1H3. The molecule has 1 heterocycles. The van der Waals surface area contributed by atoms with Crippen LogP contribution in [0.15, 0.2) is 42.5 Å². The van der Waals surface area contributed by atoms with Crippen molar-refractivity contribution in [3.05, 3.63) is 53.8 Å². The Labute approximate surface area is 165 Å². The van der Waals surface area contributed by atoms with Crippen molar-refractivity contribution in [2.24, 2.45) is 0 Å². The van der Waals surface area contributed by atoms with Gasteiger partial charge >= 0.3 is 0 Å². The van der Waals surface area contributed by atoms with E-state index in [-0.39, 0.29) is 5.91 Å². The monoisotopic (exact) mass is 386 g/mol. The molecule has 1 aliphatic rings. The van der Waals surface area contributed by atoms with Gasteiger partial charge in [-0.1, -0.05) is 24.3 Å². The van der Waals surface area contributed by atoms with Gasteiger partial charge in [0.05, 0.1) is 0 Å². The number of hydrogen-bond acceptors (Lipinski definition) is 4. The number of carbonyl (C=O) groups is 1. The number of phenols is 1. The molecule has 0 bridgehead atoms. The van der Waals surface area contributed by atoms with Gasteiger partial charge in [0.15, 0.2) is 11.6 Å². The number of carbonyl (C=O) groups excluding carboxylic acids is 1. The Kier molecular flexibility index (Phi) is 7.01. The Hall–Kier alpha value is -2.44. The summed E-state index contributed by atoms with van der Waals surface area (Å²) in [5.74, 6) is -1.10. The zero-order valence-electron chi connectivity index (χ0n) is 16.2. The van der Waals surface area contributed by atoms with Crippen molar-refractivity contribution in [1.82, 2.24) is 9.80 Å². The summed E-state index contributed by atoms with van der Waals surface area (Å²) in [4.78, 5) is 17.1. The van der Waals surface area contributed by atoms with Crippen molar-refractivity contribution in [2.75, 3.05) is 46.4 Å². The van der Waals surface area contributed by atoms with Gasteiger partial charge < -0.3 is 14.7 Å². The molecule has 0 radical (unpaired) electrons. The molecule has 0 atom stereocenters. The lowest BCUT2D eigenvalue weighted by Gasteiger charge is -2.34. The molecule has 0 spiro atoms. The Balaban J connectivity index is 1.62. The van der Waals surface area contributed by atoms with Crippen molar-refractivity contribution in [2.45, 2.75) is 12.8 Å². The number of para-hydroxylation sites is 1. The summed E-state index contributed by atoms with van der Waals surface area (Å²) in [6.07, 6.45) is 2.15. The van der Waals surface area contributed by atoms with Gasteiger partial charge in [-0.3, -0.25) is 9.69 Å². The highest BCUT2D eigenvalue weighted by atomic mass is 19.1. The summed E-state index contributed by atoms with van der Waals surface area (Å²) >= 11 is 0. The molecule has 2 aromatic rings. The Morgan fingerprint density at radius 1 is 1.11 bits per heavy atom. The third-order valence-corrected chi connectivity index (χ3v) is 5.14. The summed E-state index contributed by atoms with van der Waals surface area (Å²) < 4.78 is 18.7. The van der Waals surface area contributed by atoms with E-state index in [2.05, 4.69) is 4.90 Å². The lowest BCUT2D eigenvalue weighted by atomic mass is 10.0. The highest BCUT2D eigenvalue weighted by Crippen LogP contribution is 2.31. The molecule has 2 aromatic carbocycles. The van der Waals surface area contributed by atoms with E-state index in [0.29, 0.717) is 29.8 Å². The predicted molar refractivity (Wildman–Crippen MR) is 107 cm³/mol. The van der Waals surface area contributed by atoms with Crippen LogP contribution in [0, 0.1) is 5.82 Å². The van der Waals surface area contributed by atoms with Crippen LogP contribution in [0.4, 0.5) is 4.39 Å². The maximum atomic E-state index is 13.6. The number of benzene rings is 2. The van der Waals surface area contributed by atoms with Crippen molar-refractivity contribution < 1.29 is 19.0 Å². The fourth-order valence-electron chi connectivity index (χ4n) is 3.51. The molecule has 3 rings (SSSR count). The zero-order chi connectivity index (χ0) is 19.9. The minimum absolute atomic E-state index is 0.0308. The lowest BCUT2D eigenvalue weighted by Crippen LogP contribution is -2.48. The maximum Gasteiger partial charge on any atom is 0.253 e. The molecule has 6 heteroatoms. The van der Waals surface area contributed by atoms with Gasteiger partial charge in [-0.2, -0.15) is 0 Å². The molecule has 0 saturated carbocycles. The number of piperazine rings is 1. The molecule has 0 aromatic heterocycles. The first kappa shape index (κ1) is 20.3. The van der Waals surface area contributed by atoms with Gasteiger partial charge in [-0.15, -0.1) is 0 Å². The smallest absolute Gasteiger partial charge is 0.253 e. The van der Waals surface area contributed by atoms with Crippen LogP contribution in [0.2, 0.25) is 0 Å². The number of hydrogen-bond donors (Lipinski definition) is 1. The summed E-state index contributed by atoms with van der Waals surface area (Å²) in [6.45, 7) is 4.93. The van der Waals surface area contributed by atoms with Gasteiger partial charge in [0.25, 0.3) is 5.91 Å². The van der Waals surface area contributed by atoms with Crippen molar-refractivity contribution in [3.63, 3.8) is 0 Å². The lowest BCUT2D eigenvalue weighted by molar-refractivity contribution is 0.0632. The van der Waals surface area contributed by atoms with Gasteiger partial charge in [0, 0.05) is 51.0 Å². The van der Waals surface area contributed by atoms with Crippen LogP contribution in [-0.4, -0.2) is 67.3 Å². The number of amides is 1. The summed E-state index contributed by atoms with van der Waals surface area (Å²) in [5, 5.41) is 9.98. The van der Waals surface area contributed by atoms with Crippen molar-refractivity contribution >= 4 is 5.91 Å². The van der Waals surface area contributed by atoms with E-state index in [4.69, 9.17) is 4.74 Å². The Morgan fingerprint density at radius 3 is 2.61 bits per heavy atom. The SMILES string of the molecule is COCCCCN1CCN(C(=O)c2cccc(-c3cccc(F)c3O)c2)CC1. The van der Waals surface area contributed by atoms with Crippen LogP contribution in [0.5, 0.6) is 5.75 Å². The average molecular weight is 386 g/mol. The van der Waals surface area contributed by atoms with Crippen LogP contribution in [-0.2, 0) is 4.74 Å². The molecule has 1 amide bonds. The second-order valence-corrected chi connectivity index (χ2v) is 7.05. The number of ether oxygens (including phenoxy) is 1. The Morgan fingerprint density at radius 2 is 1.86 bits per heavy atom. The quantitative estimate of drug-likeness (QED) is 0.742. The van der Waals surface area contributed by atoms with Crippen molar-refractivity contribution in [3.8, 4) is 16.9 Å². The van der Waals surface area contributed by atoms with E-state index in [1.54, 1.807) is 43.5 Å². The molecule has 150 valence electrons. The molecule has 5 nitrogen and oxygen atoms in total. The maximum absolute atomic E-state index is 13.6. The third-order valence-electron chi connectivity index (χ3n) is 5.14. The predicted octanol–water partition coefficient (Wildman–Crippen LogP) is 3.38. The zero-order valence-corrected chi connectivity index (χ0v) is 16.2. The van der Waals surface area contributed by atoms with E-state index in [0.717, 1.165) is 39.1 Å². The topological polar surface area (TPSA) is 53.0 Å². The van der Waals surface area contributed by atoms with Gasteiger partial charge in [0.2, 0.25) is 0 Å².